The van der Waals surface area contributed by atoms with Crippen molar-refractivity contribution in [2.24, 2.45) is 0 Å². The summed E-state index contributed by atoms with van der Waals surface area (Å²) in [5.74, 6) is 2.26. The molecule has 1 heterocycles. The second-order valence-electron chi connectivity index (χ2n) is 3.97. The van der Waals surface area contributed by atoms with Gasteiger partial charge in [0.2, 0.25) is 5.88 Å². The standard InChI is InChI=1S/C13H13Br2N3O/c1-2-3-12-17-11(16)7-13(18-12)19-10-5-4-8(14)6-9(10)15/h4-7H,2-3H2,1H3,(H2,16,17,18). The van der Waals surface area contributed by atoms with Gasteiger partial charge in [0.15, 0.2) is 0 Å². The highest BCUT2D eigenvalue weighted by Crippen LogP contribution is 2.31. The highest BCUT2D eigenvalue weighted by molar-refractivity contribution is 9.11. The lowest BCUT2D eigenvalue weighted by Gasteiger charge is -2.09. The first-order valence-corrected chi connectivity index (χ1v) is 7.43. The lowest BCUT2D eigenvalue weighted by atomic mass is 10.3. The van der Waals surface area contributed by atoms with E-state index in [-0.39, 0.29) is 0 Å². The molecule has 0 aliphatic carbocycles. The van der Waals surface area contributed by atoms with Crippen molar-refractivity contribution < 1.29 is 4.74 Å². The fraction of sp³-hybridized carbons (Fsp3) is 0.231. The van der Waals surface area contributed by atoms with Gasteiger partial charge in [0, 0.05) is 17.0 Å². The SMILES string of the molecule is CCCc1nc(N)cc(Oc2ccc(Br)cc2Br)n1. The molecule has 2 rings (SSSR count). The summed E-state index contributed by atoms with van der Waals surface area (Å²) in [7, 11) is 0. The van der Waals surface area contributed by atoms with Crippen molar-refractivity contribution in [2.75, 3.05) is 5.73 Å². The predicted molar refractivity (Wildman–Crippen MR) is 82.4 cm³/mol. The zero-order valence-electron chi connectivity index (χ0n) is 10.4. The van der Waals surface area contributed by atoms with Gasteiger partial charge in [-0.15, -0.1) is 0 Å². The van der Waals surface area contributed by atoms with Crippen LogP contribution in [0.25, 0.3) is 0 Å². The minimum Gasteiger partial charge on any atom is -0.438 e. The van der Waals surface area contributed by atoms with E-state index in [2.05, 4.69) is 48.8 Å². The van der Waals surface area contributed by atoms with Gasteiger partial charge >= 0.3 is 0 Å². The first-order valence-electron chi connectivity index (χ1n) is 5.85. The lowest BCUT2D eigenvalue weighted by Crippen LogP contribution is -2.01. The van der Waals surface area contributed by atoms with Crippen LogP contribution in [-0.4, -0.2) is 9.97 Å². The summed E-state index contributed by atoms with van der Waals surface area (Å²) in [5.41, 5.74) is 5.76. The molecule has 0 saturated heterocycles. The Labute approximate surface area is 128 Å². The van der Waals surface area contributed by atoms with Crippen molar-refractivity contribution in [1.29, 1.82) is 0 Å². The first-order chi connectivity index (χ1) is 9.08. The fourth-order valence-corrected chi connectivity index (χ4v) is 2.68. The number of nitrogens with two attached hydrogens (primary N) is 1. The fourth-order valence-electron chi connectivity index (χ4n) is 1.55. The van der Waals surface area contributed by atoms with Gasteiger partial charge in [-0.25, -0.2) is 4.98 Å². The molecular weight excluding hydrogens is 374 g/mol. The second-order valence-corrected chi connectivity index (χ2v) is 5.74. The van der Waals surface area contributed by atoms with Crippen molar-refractivity contribution in [3.63, 3.8) is 0 Å². The molecule has 0 amide bonds. The van der Waals surface area contributed by atoms with Crippen LogP contribution in [0.3, 0.4) is 0 Å². The number of nitrogens with zero attached hydrogens (tertiary/aromatic N) is 2. The summed E-state index contributed by atoms with van der Waals surface area (Å²) >= 11 is 6.84. The molecule has 4 nitrogen and oxygen atoms in total. The summed E-state index contributed by atoms with van der Waals surface area (Å²) in [6.45, 7) is 2.07. The minimum absolute atomic E-state index is 0.418. The van der Waals surface area contributed by atoms with E-state index in [9.17, 15) is 0 Å². The van der Waals surface area contributed by atoms with Gasteiger partial charge in [0.05, 0.1) is 4.47 Å². The van der Waals surface area contributed by atoms with Crippen LogP contribution in [0.15, 0.2) is 33.2 Å². The van der Waals surface area contributed by atoms with E-state index in [1.165, 1.54) is 0 Å². The molecule has 1 aromatic carbocycles. The van der Waals surface area contributed by atoms with E-state index < -0.39 is 0 Å². The minimum atomic E-state index is 0.418. The van der Waals surface area contributed by atoms with Crippen LogP contribution >= 0.6 is 31.9 Å². The van der Waals surface area contributed by atoms with Gasteiger partial charge in [-0.3, -0.25) is 0 Å². The molecule has 0 radical (unpaired) electrons. The van der Waals surface area contributed by atoms with Gasteiger partial charge in [-0.05, 0) is 40.5 Å². The Morgan fingerprint density at radius 1 is 1.21 bits per heavy atom. The smallest absolute Gasteiger partial charge is 0.224 e. The van der Waals surface area contributed by atoms with Gasteiger partial charge in [-0.1, -0.05) is 22.9 Å². The maximum absolute atomic E-state index is 5.76. The number of ether oxygens (including phenoxy) is 1. The molecule has 0 aliphatic heterocycles. The van der Waals surface area contributed by atoms with Crippen LogP contribution in [0.4, 0.5) is 5.82 Å². The van der Waals surface area contributed by atoms with Gasteiger partial charge < -0.3 is 10.5 Å². The zero-order chi connectivity index (χ0) is 13.8. The average molecular weight is 387 g/mol. The molecule has 19 heavy (non-hydrogen) atoms. The van der Waals surface area contributed by atoms with Gasteiger partial charge in [0.25, 0.3) is 0 Å². The van der Waals surface area contributed by atoms with Crippen LogP contribution in [0.1, 0.15) is 19.2 Å². The molecule has 2 N–H and O–H groups in total. The van der Waals surface area contributed by atoms with Gasteiger partial charge in [0.1, 0.15) is 17.4 Å². The van der Waals surface area contributed by atoms with Crippen molar-refractivity contribution >= 4 is 37.7 Å². The molecule has 0 bridgehead atoms. The third kappa shape index (κ3) is 3.91. The number of aryl methyl sites for hydroxylation is 1. The number of hydrogen-bond acceptors (Lipinski definition) is 4. The molecule has 6 heteroatoms. The van der Waals surface area contributed by atoms with E-state index in [1.54, 1.807) is 6.07 Å². The summed E-state index contributed by atoms with van der Waals surface area (Å²) in [4.78, 5) is 8.51. The number of benzene rings is 1. The Kier molecular flexibility index (Phi) is 4.76. The highest BCUT2D eigenvalue weighted by atomic mass is 79.9. The zero-order valence-corrected chi connectivity index (χ0v) is 13.5. The van der Waals surface area contributed by atoms with E-state index in [1.807, 2.05) is 18.2 Å². The molecule has 0 aliphatic rings. The Morgan fingerprint density at radius 3 is 2.68 bits per heavy atom. The van der Waals surface area contributed by atoms with Crippen LogP contribution in [0.2, 0.25) is 0 Å². The first kappa shape index (κ1) is 14.3. The van der Waals surface area contributed by atoms with Gasteiger partial charge in [-0.2, -0.15) is 4.98 Å². The van der Waals surface area contributed by atoms with E-state index in [0.29, 0.717) is 23.3 Å². The van der Waals surface area contributed by atoms with E-state index >= 15 is 0 Å². The molecular formula is C13H13Br2N3O. The highest BCUT2D eigenvalue weighted by Gasteiger charge is 2.07. The van der Waals surface area contributed by atoms with E-state index in [0.717, 1.165) is 21.8 Å². The third-order valence-electron chi connectivity index (χ3n) is 2.35. The molecule has 0 fully saturated rings. The Morgan fingerprint density at radius 2 is 2.00 bits per heavy atom. The van der Waals surface area contributed by atoms with Crippen molar-refractivity contribution in [3.05, 3.63) is 39.0 Å². The number of anilines is 1. The van der Waals surface area contributed by atoms with Crippen molar-refractivity contribution in [2.45, 2.75) is 19.8 Å². The molecule has 0 spiro atoms. The largest absolute Gasteiger partial charge is 0.438 e. The topological polar surface area (TPSA) is 61.0 Å². The summed E-state index contributed by atoms with van der Waals surface area (Å²) in [6.07, 6.45) is 1.74. The number of rotatable bonds is 4. The Balaban J connectivity index is 2.27. The van der Waals surface area contributed by atoms with E-state index in [4.69, 9.17) is 10.5 Å². The lowest BCUT2D eigenvalue weighted by molar-refractivity contribution is 0.456. The molecule has 0 atom stereocenters. The molecule has 1 aromatic heterocycles. The number of aromatic nitrogens is 2. The normalized spacial score (nSPS) is 10.5. The second kappa shape index (κ2) is 6.34. The number of hydrogen-bond donors (Lipinski definition) is 1. The van der Waals surface area contributed by atoms with Crippen LogP contribution in [-0.2, 0) is 6.42 Å². The number of halogens is 2. The predicted octanol–water partition coefficient (Wildman–Crippen LogP) is 4.33. The van der Waals surface area contributed by atoms with Crippen LogP contribution in [0.5, 0.6) is 11.6 Å². The number of nitrogen functional groups attached to an aromatic ring is 1. The third-order valence-corrected chi connectivity index (χ3v) is 3.46. The maximum Gasteiger partial charge on any atom is 0.224 e. The maximum atomic E-state index is 5.76. The Bertz CT molecular complexity index is 590. The molecule has 0 unspecified atom stereocenters. The summed E-state index contributed by atoms with van der Waals surface area (Å²) in [6, 6.07) is 7.28. The Hall–Kier alpha value is -1.14. The van der Waals surface area contributed by atoms with Crippen LogP contribution in [0, 0.1) is 0 Å². The molecule has 100 valence electrons. The van der Waals surface area contributed by atoms with Crippen molar-refractivity contribution in [3.8, 4) is 11.6 Å². The summed E-state index contributed by atoms with van der Waals surface area (Å²) in [5, 5.41) is 0. The quantitative estimate of drug-likeness (QED) is 0.849. The summed E-state index contributed by atoms with van der Waals surface area (Å²) < 4.78 is 7.55. The molecule has 0 saturated carbocycles. The monoisotopic (exact) mass is 385 g/mol. The molecule has 2 aromatic rings. The van der Waals surface area contributed by atoms with Crippen LogP contribution < -0.4 is 10.5 Å². The van der Waals surface area contributed by atoms with Crippen molar-refractivity contribution in [1.82, 2.24) is 9.97 Å². The average Bonchev–Trinajstić information content (AvgIpc) is 2.32.